The highest BCUT2D eigenvalue weighted by atomic mass is 16.1. The molecule has 1 aliphatic rings. The van der Waals surface area contributed by atoms with E-state index in [1.54, 1.807) is 26.0 Å². The van der Waals surface area contributed by atoms with Crippen LogP contribution in [0.1, 0.15) is 53.4 Å². The summed E-state index contributed by atoms with van der Waals surface area (Å²) < 4.78 is 0. The van der Waals surface area contributed by atoms with Crippen LogP contribution in [0.4, 0.5) is 0 Å². The second kappa shape index (κ2) is 7.88. The molecule has 0 amide bonds. The summed E-state index contributed by atoms with van der Waals surface area (Å²) in [5.74, 6) is 0.117. The predicted molar refractivity (Wildman–Crippen MR) is 81.2 cm³/mol. The Bertz CT molecular complexity index is 384. The minimum absolute atomic E-state index is 0.0583. The summed E-state index contributed by atoms with van der Waals surface area (Å²) in [6.45, 7) is 6.96. The average Bonchev–Trinajstić information content (AvgIpc) is 2.29. The molecule has 0 saturated heterocycles. The number of carbonyl (C=O) groups excluding carboxylic acids is 2. The molecule has 0 unspecified atom stereocenters. The highest BCUT2D eigenvalue weighted by Crippen LogP contribution is 2.20. The van der Waals surface area contributed by atoms with E-state index in [1.165, 1.54) is 12.8 Å². The number of hydrogen-bond acceptors (Lipinski definition) is 4. The van der Waals surface area contributed by atoms with Crippen LogP contribution in [0.3, 0.4) is 0 Å². The van der Waals surface area contributed by atoms with Gasteiger partial charge in [0.15, 0.2) is 11.6 Å². The summed E-state index contributed by atoms with van der Waals surface area (Å²) in [7, 11) is 0. The van der Waals surface area contributed by atoms with E-state index in [9.17, 15) is 9.59 Å². The summed E-state index contributed by atoms with van der Waals surface area (Å²) in [4.78, 5) is 22.2. The molecular formula is C16H26N2O2. The Morgan fingerprint density at radius 3 is 1.45 bits per heavy atom. The molecule has 0 bridgehead atoms. The lowest BCUT2D eigenvalue weighted by atomic mass is 9.90. The number of allylic oxidation sites excluding steroid dienone is 4. The Balaban J connectivity index is 2.67. The molecule has 0 spiro atoms. The van der Waals surface area contributed by atoms with Crippen molar-refractivity contribution < 1.29 is 9.59 Å². The minimum Gasteiger partial charge on any atom is -0.384 e. The van der Waals surface area contributed by atoms with Gasteiger partial charge < -0.3 is 10.6 Å². The third-order valence-corrected chi connectivity index (χ3v) is 3.43. The van der Waals surface area contributed by atoms with Crippen molar-refractivity contribution in [2.24, 2.45) is 0 Å². The van der Waals surface area contributed by atoms with Gasteiger partial charge in [-0.3, -0.25) is 9.59 Å². The molecule has 1 rings (SSSR count). The van der Waals surface area contributed by atoms with Gasteiger partial charge in [-0.1, -0.05) is 12.8 Å². The molecule has 0 aliphatic heterocycles. The van der Waals surface area contributed by atoms with Gasteiger partial charge >= 0.3 is 0 Å². The molecule has 2 atom stereocenters. The number of carbonyl (C=O) groups is 2. The minimum atomic E-state index is 0.0583. The van der Waals surface area contributed by atoms with Crippen LogP contribution in [-0.4, -0.2) is 23.7 Å². The Morgan fingerprint density at radius 2 is 1.15 bits per heavy atom. The summed E-state index contributed by atoms with van der Waals surface area (Å²) in [5, 5.41) is 6.85. The van der Waals surface area contributed by atoms with Crippen molar-refractivity contribution in [3.63, 3.8) is 0 Å². The molecule has 0 aromatic rings. The van der Waals surface area contributed by atoms with Gasteiger partial charge in [-0.2, -0.15) is 0 Å². The molecular weight excluding hydrogens is 252 g/mol. The fourth-order valence-corrected chi connectivity index (χ4v) is 2.75. The van der Waals surface area contributed by atoms with E-state index >= 15 is 0 Å². The van der Waals surface area contributed by atoms with Crippen molar-refractivity contribution in [3.8, 4) is 0 Å². The predicted octanol–water partition coefficient (Wildman–Crippen LogP) is 2.46. The molecule has 4 heteroatoms. The lowest BCUT2D eigenvalue weighted by molar-refractivity contribution is -0.113. The molecule has 4 nitrogen and oxygen atoms in total. The molecule has 0 radical (unpaired) electrons. The van der Waals surface area contributed by atoms with Gasteiger partial charge in [-0.15, -0.1) is 0 Å². The molecule has 20 heavy (non-hydrogen) atoms. The SMILES string of the molecule is CC(=O)/C=C(\C)N[C@@H]1CCCC[C@H]1N/C(C)=C/C(C)=O. The van der Waals surface area contributed by atoms with Crippen molar-refractivity contribution in [3.05, 3.63) is 23.5 Å². The first-order valence-corrected chi connectivity index (χ1v) is 7.29. The van der Waals surface area contributed by atoms with Crippen LogP contribution in [0.15, 0.2) is 23.5 Å². The first-order valence-electron chi connectivity index (χ1n) is 7.29. The zero-order valence-electron chi connectivity index (χ0n) is 13.0. The topological polar surface area (TPSA) is 58.2 Å². The molecule has 0 heterocycles. The average molecular weight is 278 g/mol. The zero-order valence-corrected chi connectivity index (χ0v) is 13.0. The second-order valence-corrected chi connectivity index (χ2v) is 5.66. The smallest absolute Gasteiger partial charge is 0.154 e. The Labute approximate surface area is 121 Å². The van der Waals surface area contributed by atoms with Gasteiger partial charge in [0.2, 0.25) is 0 Å². The van der Waals surface area contributed by atoms with E-state index in [4.69, 9.17) is 0 Å². The number of ketones is 2. The van der Waals surface area contributed by atoms with Crippen LogP contribution in [0.2, 0.25) is 0 Å². The van der Waals surface area contributed by atoms with Crippen LogP contribution in [0, 0.1) is 0 Å². The van der Waals surface area contributed by atoms with Gasteiger partial charge in [0, 0.05) is 23.5 Å². The van der Waals surface area contributed by atoms with E-state index in [-0.39, 0.29) is 11.6 Å². The molecule has 1 fully saturated rings. The molecule has 0 aromatic carbocycles. The van der Waals surface area contributed by atoms with Crippen molar-refractivity contribution in [1.82, 2.24) is 10.6 Å². The standard InChI is InChI=1S/C16H26N2O2/c1-11(9-13(3)19)17-15-7-5-6-8-16(15)18-12(2)10-14(4)20/h9-10,15-18H,5-8H2,1-4H3/b11-9+,12-10+/t15-,16-/m1/s1. The van der Waals surface area contributed by atoms with Crippen molar-refractivity contribution in [2.75, 3.05) is 0 Å². The summed E-state index contributed by atoms with van der Waals surface area (Å²) in [6.07, 6.45) is 7.80. The normalized spacial score (nSPS) is 24.2. The van der Waals surface area contributed by atoms with E-state index in [1.807, 2.05) is 13.8 Å². The zero-order chi connectivity index (χ0) is 15.1. The van der Waals surface area contributed by atoms with Gasteiger partial charge in [-0.05, 0) is 52.7 Å². The fourth-order valence-electron chi connectivity index (χ4n) is 2.75. The maximum atomic E-state index is 11.1. The van der Waals surface area contributed by atoms with Crippen molar-refractivity contribution >= 4 is 11.6 Å². The van der Waals surface area contributed by atoms with Crippen molar-refractivity contribution in [2.45, 2.75) is 65.5 Å². The maximum absolute atomic E-state index is 11.1. The van der Waals surface area contributed by atoms with Gasteiger partial charge in [0.25, 0.3) is 0 Å². The first kappa shape index (κ1) is 16.5. The highest BCUT2D eigenvalue weighted by molar-refractivity contribution is 5.88. The third kappa shape index (κ3) is 6.04. The first-order chi connectivity index (χ1) is 9.38. The molecule has 112 valence electrons. The fraction of sp³-hybridized carbons (Fsp3) is 0.625. The van der Waals surface area contributed by atoms with E-state index in [0.717, 1.165) is 24.2 Å². The monoisotopic (exact) mass is 278 g/mol. The van der Waals surface area contributed by atoms with Crippen LogP contribution in [0.5, 0.6) is 0 Å². The number of rotatable bonds is 6. The third-order valence-electron chi connectivity index (χ3n) is 3.43. The Hall–Kier alpha value is -1.58. The number of hydrogen-bond donors (Lipinski definition) is 2. The van der Waals surface area contributed by atoms with Gasteiger partial charge in [0.05, 0.1) is 0 Å². The Morgan fingerprint density at radius 1 is 0.800 bits per heavy atom. The molecule has 2 N–H and O–H groups in total. The van der Waals surface area contributed by atoms with E-state index in [0.29, 0.717) is 12.1 Å². The van der Waals surface area contributed by atoms with E-state index < -0.39 is 0 Å². The van der Waals surface area contributed by atoms with Crippen LogP contribution in [-0.2, 0) is 9.59 Å². The summed E-state index contributed by atoms with van der Waals surface area (Å²) in [6, 6.07) is 0.601. The van der Waals surface area contributed by atoms with Gasteiger partial charge in [0.1, 0.15) is 0 Å². The molecule has 0 aromatic heterocycles. The summed E-state index contributed by atoms with van der Waals surface area (Å²) >= 11 is 0. The van der Waals surface area contributed by atoms with Crippen LogP contribution < -0.4 is 10.6 Å². The second-order valence-electron chi connectivity index (χ2n) is 5.66. The lowest BCUT2D eigenvalue weighted by Crippen LogP contribution is -2.48. The highest BCUT2D eigenvalue weighted by Gasteiger charge is 2.24. The Kier molecular flexibility index (Phi) is 6.49. The largest absolute Gasteiger partial charge is 0.384 e. The molecule has 1 aliphatic carbocycles. The van der Waals surface area contributed by atoms with Crippen LogP contribution >= 0.6 is 0 Å². The molecule has 1 saturated carbocycles. The quantitative estimate of drug-likeness (QED) is 0.733. The number of nitrogens with one attached hydrogen (secondary N) is 2. The van der Waals surface area contributed by atoms with Crippen molar-refractivity contribution in [1.29, 1.82) is 0 Å². The summed E-state index contributed by atoms with van der Waals surface area (Å²) in [5.41, 5.74) is 1.81. The van der Waals surface area contributed by atoms with E-state index in [2.05, 4.69) is 10.6 Å². The van der Waals surface area contributed by atoms with Gasteiger partial charge in [-0.25, -0.2) is 0 Å². The van der Waals surface area contributed by atoms with Crippen LogP contribution in [0.25, 0.3) is 0 Å². The lowest BCUT2D eigenvalue weighted by Gasteiger charge is -2.34. The maximum Gasteiger partial charge on any atom is 0.154 e.